The van der Waals surface area contributed by atoms with Crippen molar-refractivity contribution < 1.29 is 0 Å². The van der Waals surface area contributed by atoms with E-state index in [4.69, 9.17) is 0 Å². The summed E-state index contributed by atoms with van der Waals surface area (Å²) in [5.41, 5.74) is 3.08. The fourth-order valence-electron chi connectivity index (χ4n) is 2.36. The standard InChI is InChI=1S/C15H21N/c1-3-4-7-12(2)16-11-14-10-13-8-5-6-9-15(13)14/h3,5-6,8-9,12,14,16H,1,4,7,10-11H2,2H3. The van der Waals surface area contributed by atoms with Gasteiger partial charge in [0.15, 0.2) is 0 Å². The minimum Gasteiger partial charge on any atom is -0.314 e. The van der Waals surface area contributed by atoms with Crippen molar-refractivity contribution in [2.24, 2.45) is 0 Å². The van der Waals surface area contributed by atoms with Crippen LogP contribution in [0.25, 0.3) is 0 Å². The maximum Gasteiger partial charge on any atom is 0.00419 e. The van der Waals surface area contributed by atoms with Gasteiger partial charge in [0, 0.05) is 18.5 Å². The lowest BCUT2D eigenvalue weighted by Gasteiger charge is -2.31. The van der Waals surface area contributed by atoms with E-state index in [1.165, 1.54) is 18.4 Å². The Morgan fingerprint density at radius 3 is 3.06 bits per heavy atom. The molecule has 0 aliphatic heterocycles. The molecule has 1 aliphatic rings. The molecule has 1 nitrogen and oxygen atoms in total. The van der Waals surface area contributed by atoms with Crippen molar-refractivity contribution in [2.75, 3.05) is 6.54 Å². The molecule has 2 atom stereocenters. The van der Waals surface area contributed by atoms with Crippen LogP contribution in [0.3, 0.4) is 0 Å². The minimum absolute atomic E-state index is 0.603. The third-order valence-electron chi connectivity index (χ3n) is 3.48. The van der Waals surface area contributed by atoms with Crippen LogP contribution >= 0.6 is 0 Å². The Morgan fingerprint density at radius 1 is 1.50 bits per heavy atom. The lowest BCUT2D eigenvalue weighted by Crippen LogP contribution is -2.34. The summed E-state index contributed by atoms with van der Waals surface area (Å²) >= 11 is 0. The molecular weight excluding hydrogens is 194 g/mol. The number of hydrogen-bond donors (Lipinski definition) is 1. The maximum absolute atomic E-state index is 3.76. The Hall–Kier alpha value is -1.08. The molecule has 0 spiro atoms. The van der Waals surface area contributed by atoms with Gasteiger partial charge in [-0.1, -0.05) is 30.3 Å². The summed E-state index contributed by atoms with van der Waals surface area (Å²) in [6, 6.07) is 9.39. The Balaban J connectivity index is 1.75. The van der Waals surface area contributed by atoms with Gasteiger partial charge in [-0.2, -0.15) is 0 Å². The molecule has 1 aliphatic carbocycles. The number of nitrogens with one attached hydrogen (secondary N) is 1. The lowest BCUT2D eigenvalue weighted by molar-refractivity contribution is 0.463. The smallest absolute Gasteiger partial charge is 0.00419 e. The van der Waals surface area contributed by atoms with Gasteiger partial charge in [-0.15, -0.1) is 6.58 Å². The number of fused-ring (bicyclic) bond motifs is 1. The number of allylic oxidation sites excluding steroid dienone is 1. The second-order valence-electron chi connectivity index (χ2n) is 4.78. The van der Waals surface area contributed by atoms with Crippen molar-refractivity contribution in [3.05, 3.63) is 48.0 Å². The molecule has 0 radical (unpaired) electrons. The second-order valence-corrected chi connectivity index (χ2v) is 4.78. The van der Waals surface area contributed by atoms with Crippen LogP contribution in [-0.2, 0) is 6.42 Å². The predicted octanol–water partition coefficient (Wildman–Crippen LogP) is 3.27. The highest BCUT2D eigenvalue weighted by molar-refractivity contribution is 5.40. The van der Waals surface area contributed by atoms with E-state index in [9.17, 15) is 0 Å². The van der Waals surface area contributed by atoms with E-state index in [-0.39, 0.29) is 0 Å². The molecule has 86 valence electrons. The number of rotatable bonds is 6. The van der Waals surface area contributed by atoms with Crippen LogP contribution in [-0.4, -0.2) is 12.6 Å². The highest BCUT2D eigenvalue weighted by atomic mass is 14.9. The topological polar surface area (TPSA) is 12.0 Å². The van der Waals surface area contributed by atoms with E-state index in [0.29, 0.717) is 6.04 Å². The van der Waals surface area contributed by atoms with E-state index in [0.717, 1.165) is 18.9 Å². The molecule has 0 aromatic heterocycles. The van der Waals surface area contributed by atoms with Gasteiger partial charge >= 0.3 is 0 Å². The van der Waals surface area contributed by atoms with Gasteiger partial charge in [0.1, 0.15) is 0 Å². The van der Waals surface area contributed by atoms with Gasteiger partial charge in [-0.05, 0) is 37.3 Å². The zero-order chi connectivity index (χ0) is 11.4. The highest BCUT2D eigenvalue weighted by Gasteiger charge is 2.24. The number of hydrogen-bond acceptors (Lipinski definition) is 1. The molecule has 16 heavy (non-hydrogen) atoms. The van der Waals surface area contributed by atoms with E-state index in [1.54, 1.807) is 5.56 Å². The first-order chi connectivity index (χ1) is 7.81. The molecule has 2 rings (SSSR count). The average molecular weight is 215 g/mol. The summed E-state index contributed by atoms with van der Waals surface area (Å²) < 4.78 is 0. The van der Waals surface area contributed by atoms with Crippen LogP contribution in [0.2, 0.25) is 0 Å². The van der Waals surface area contributed by atoms with Crippen LogP contribution in [0.4, 0.5) is 0 Å². The van der Waals surface area contributed by atoms with Gasteiger partial charge < -0.3 is 5.32 Å². The van der Waals surface area contributed by atoms with E-state index in [1.807, 2.05) is 6.08 Å². The van der Waals surface area contributed by atoms with Crippen LogP contribution in [0.15, 0.2) is 36.9 Å². The van der Waals surface area contributed by atoms with Gasteiger partial charge in [-0.3, -0.25) is 0 Å². The molecular formula is C15H21N. The second kappa shape index (κ2) is 5.31. The fraction of sp³-hybridized carbons (Fsp3) is 0.467. The SMILES string of the molecule is C=CCCC(C)NCC1Cc2ccccc21. The summed E-state index contributed by atoms with van der Waals surface area (Å²) in [6.07, 6.45) is 5.54. The van der Waals surface area contributed by atoms with Crippen LogP contribution < -0.4 is 5.32 Å². The van der Waals surface area contributed by atoms with Crippen LogP contribution in [0.5, 0.6) is 0 Å². The Bertz CT molecular complexity index is 356. The molecule has 0 heterocycles. The molecule has 0 fully saturated rings. The van der Waals surface area contributed by atoms with Crippen molar-refractivity contribution in [3.8, 4) is 0 Å². The van der Waals surface area contributed by atoms with Gasteiger partial charge in [0.05, 0.1) is 0 Å². The quantitative estimate of drug-likeness (QED) is 0.718. The van der Waals surface area contributed by atoms with Crippen molar-refractivity contribution in [1.29, 1.82) is 0 Å². The zero-order valence-corrected chi connectivity index (χ0v) is 10.1. The predicted molar refractivity (Wildman–Crippen MR) is 69.8 cm³/mol. The molecule has 1 aromatic rings. The molecule has 1 heteroatoms. The monoisotopic (exact) mass is 215 g/mol. The third-order valence-corrected chi connectivity index (χ3v) is 3.48. The van der Waals surface area contributed by atoms with E-state index < -0.39 is 0 Å². The van der Waals surface area contributed by atoms with Crippen molar-refractivity contribution in [1.82, 2.24) is 5.32 Å². The summed E-state index contributed by atoms with van der Waals surface area (Å²) in [5.74, 6) is 0.738. The van der Waals surface area contributed by atoms with Gasteiger partial charge in [-0.25, -0.2) is 0 Å². The molecule has 0 amide bonds. The third kappa shape index (κ3) is 2.53. The van der Waals surface area contributed by atoms with Crippen molar-refractivity contribution >= 4 is 0 Å². The normalized spacial score (nSPS) is 19.7. The molecule has 1 aromatic carbocycles. The van der Waals surface area contributed by atoms with Crippen molar-refractivity contribution in [2.45, 2.75) is 38.1 Å². The molecule has 0 saturated carbocycles. The van der Waals surface area contributed by atoms with Gasteiger partial charge in [0.25, 0.3) is 0 Å². The minimum atomic E-state index is 0.603. The Labute approximate surface area is 98.6 Å². The molecule has 0 bridgehead atoms. The zero-order valence-electron chi connectivity index (χ0n) is 10.1. The highest BCUT2D eigenvalue weighted by Crippen LogP contribution is 2.34. The van der Waals surface area contributed by atoms with Crippen LogP contribution in [0, 0.1) is 0 Å². The van der Waals surface area contributed by atoms with E-state index >= 15 is 0 Å². The van der Waals surface area contributed by atoms with Gasteiger partial charge in [0.2, 0.25) is 0 Å². The van der Waals surface area contributed by atoms with Crippen LogP contribution in [0.1, 0.15) is 36.8 Å². The largest absolute Gasteiger partial charge is 0.314 e. The first-order valence-corrected chi connectivity index (χ1v) is 6.23. The molecule has 0 saturated heterocycles. The Kier molecular flexibility index (Phi) is 3.79. The first-order valence-electron chi connectivity index (χ1n) is 6.23. The summed E-state index contributed by atoms with van der Waals surface area (Å²) in [4.78, 5) is 0. The summed E-state index contributed by atoms with van der Waals surface area (Å²) in [5, 5.41) is 3.61. The van der Waals surface area contributed by atoms with E-state index in [2.05, 4.69) is 43.1 Å². The molecule has 1 N–H and O–H groups in total. The lowest BCUT2D eigenvalue weighted by atomic mass is 9.77. The fourth-order valence-corrected chi connectivity index (χ4v) is 2.36. The summed E-state index contributed by atoms with van der Waals surface area (Å²) in [7, 11) is 0. The summed E-state index contributed by atoms with van der Waals surface area (Å²) in [6.45, 7) is 7.14. The maximum atomic E-state index is 3.76. The molecule has 2 unspecified atom stereocenters. The average Bonchev–Trinajstić information content (AvgIpc) is 2.27. The first kappa shape index (κ1) is 11.4. The number of benzene rings is 1. The Morgan fingerprint density at radius 2 is 2.31 bits per heavy atom. The van der Waals surface area contributed by atoms with Crippen molar-refractivity contribution in [3.63, 3.8) is 0 Å².